The molecule has 0 aliphatic carbocycles. The Morgan fingerprint density at radius 1 is 1.11 bits per heavy atom. The van der Waals surface area contributed by atoms with Crippen LogP contribution >= 0.6 is 11.6 Å². The molecule has 1 atom stereocenters. The van der Waals surface area contributed by atoms with Crippen LogP contribution in [0.4, 0.5) is 0 Å². The summed E-state index contributed by atoms with van der Waals surface area (Å²) in [5, 5.41) is 3.49. The lowest BCUT2D eigenvalue weighted by molar-refractivity contribution is -0.141. The van der Waals surface area contributed by atoms with Crippen molar-refractivity contribution in [3.8, 4) is 0 Å². The lowest BCUT2D eigenvalue weighted by Gasteiger charge is -2.31. The molecule has 5 nitrogen and oxygen atoms in total. The molecule has 2 amide bonds. The molecule has 0 aliphatic heterocycles. The minimum atomic E-state index is -0.716. The number of nitrogens with one attached hydrogen (secondary N) is 1. The monoisotopic (exact) mass is 388 g/mol. The molecule has 0 saturated carbocycles. The SMILES string of the molecule is CCC(=O)N(Cc1ccc(Cl)cc1)[C@@H](C(=O)NCCOC)c1ccccc1. The third kappa shape index (κ3) is 6.08. The first-order chi connectivity index (χ1) is 13.1. The minimum absolute atomic E-state index is 0.0966. The van der Waals surface area contributed by atoms with Gasteiger partial charge in [0.25, 0.3) is 0 Å². The molecule has 0 unspecified atom stereocenters. The van der Waals surface area contributed by atoms with Crippen LogP contribution in [0.5, 0.6) is 0 Å². The highest BCUT2D eigenvalue weighted by Crippen LogP contribution is 2.25. The second-order valence-corrected chi connectivity index (χ2v) is 6.54. The molecule has 0 heterocycles. The zero-order chi connectivity index (χ0) is 19.6. The van der Waals surface area contributed by atoms with E-state index in [1.54, 1.807) is 31.1 Å². The summed E-state index contributed by atoms with van der Waals surface area (Å²) in [5.74, 6) is -0.324. The molecule has 0 bridgehead atoms. The summed E-state index contributed by atoms with van der Waals surface area (Å²) in [5.41, 5.74) is 1.68. The minimum Gasteiger partial charge on any atom is -0.383 e. The highest BCUT2D eigenvalue weighted by Gasteiger charge is 2.30. The number of hydrogen-bond donors (Lipinski definition) is 1. The number of rotatable bonds is 9. The van der Waals surface area contributed by atoms with Gasteiger partial charge in [-0.25, -0.2) is 0 Å². The zero-order valence-corrected chi connectivity index (χ0v) is 16.4. The molecule has 1 N–H and O–H groups in total. The van der Waals surface area contributed by atoms with E-state index in [1.165, 1.54) is 0 Å². The molecule has 2 aromatic rings. The van der Waals surface area contributed by atoms with Crippen LogP contribution < -0.4 is 5.32 Å². The Kier molecular flexibility index (Phi) is 8.30. The summed E-state index contributed by atoms with van der Waals surface area (Å²) in [6.45, 7) is 2.91. The summed E-state index contributed by atoms with van der Waals surface area (Å²) in [6.07, 6.45) is 0.308. The van der Waals surface area contributed by atoms with E-state index in [9.17, 15) is 9.59 Å². The molecule has 0 spiro atoms. The van der Waals surface area contributed by atoms with Gasteiger partial charge in [-0.1, -0.05) is 61.0 Å². The van der Waals surface area contributed by atoms with Gasteiger partial charge in [-0.15, -0.1) is 0 Å². The second-order valence-electron chi connectivity index (χ2n) is 6.10. The van der Waals surface area contributed by atoms with Gasteiger partial charge in [-0.05, 0) is 23.3 Å². The largest absolute Gasteiger partial charge is 0.383 e. The number of carbonyl (C=O) groups excluding carboxylic acids is 2. The third-order valence-corrected chi connectivity index (χ3v) is 4.42. The Labute approximate surface area is 165 Å². The Morgan fingerprint density at radius 2 is 1.78 bits per heavy atom. The fourth-order valence-electron chi connectivity index (χ4n) is 2.79. The van der Waals surface area contributed by atoms with E-state index in [1.807, 2.05) is 42.5 Å². The van der Waals surface area contributed by atoms with Crippen molar-refractivity contribution in [3.63, 3.8) is 0 Å². The molecule has 0 saturated heterocycles. The van der Waals surface area contributed by atoms with Crippen molar-refractivity contribution >= 4 is 23.4 Å². The first kappa shape index (κ1) is 20.9. The van der Waals surface area contributed by atoms with E-state index in [4.69, 9.17) is 16.3 Å². The number of ether oxygens (including phenoxy) is 1. The van der Waals surface area contributed by atoms with Crippen LogP contribution in [0.15, 0.2) is 54.6 Å². The summed E-state index contributed by atoms with van der Waals surface area (Å²) in [6, 6.07) is 15.9. The third-order valence-electron chi connectivity index (χ3n) is 4.17. The molecule has 2 rings (SSSR count). The van der Waals surface area contributed by atoms with Crippen LogP contribution in [0, 0.1) is 0 Å². The van der Waals surface area contributed by atoms with E-state index in [0.717, 1.165) is 11.1 Å². The molecule has 0 radical (unpaired) electrons. The number of methoxy groups -OCH3 is 1. The van der Waals surface area contributed by atoms with Crippen molar-refractivity contribution in [2.45, 2.75) is 25.9 Å². The average molecular weight is 389 g/mol. The molecule has 0 aromatic heterocycles. The predicted molar refractivity (Wildman–Crippen MR) is 106 cm³/mol. The quantitative estimate of drug-likeness (QED) is 0.668. The number of carbonyl (C=O) groups is 2. The Bertz CT molecular complexity index is 735. The number of amides is 2. The Balaban J connectivity index is 2.35. The fraction of sp³-hybridized carbons (Fsp3) is 0.333. The van der Waals surface area contributed by atoms with Crippen LogP contribution in [0.25, 0.3) is 0 Å². The van der Waals surface area contributed by atoms with Crippen LogP contribution in [-0.4, -0.2) is 37.0 Å². The fourth-order valence-corrected chi connectivity index (χ4v) is 2.92. The van der Waals surface area contributed by atoms with Gasteiger partial charge in [0.15, 0.2) is 0 Å². The van der Waals surface area contributed by atoms with Crippen molar-refractivity contribution in [3.05, 3.63) is 70.7 Å². The molecule has 0 fully saturated rings. The van der Waals surface area contributed by atoms with Gasteiger partial charge in [-0.2, -0.15) is 0 Å². The highest BCUT2D eigenvalue weighted by atomic mass is 35.5. The molecule has 144 valence electrons. The first-order valence-electron chi connectivity index (χ1n) is 8.92. The van der Waals surface area contributed by atoms with E-state index in [0.29, 0.717) is 31.1 Å². The van der Waals surface area contributed by atoms with Crippen LogP contribution in [0.1, 0.15) is 30.5 Å². The number of benzene rings is 2. The Hall–Kier alpha value is -2.37. The summed E-state index contributed by atoms with van der Waals surface area (Å²) >= 11 is 5.96. The molecular formula is C21H25ClN2O3. The van der Waals surface area contributed by atoms with Crippen LogP contribution in [0.2, 0.25) is 5.02 Å². The topological polar surface area (TPSA) is 58.6 Å². The molecular weight excluding hydrogens is 364 g/mol. The highest BCUT2D eigenvalue weighted by molar-refractivity contribution is 6.30. The zero-order valence-electron chi connectivity index (χ0n) is 15.7. The number of hydrogen-bond acceptors (Lipinski definition) is 3. The van der Waals surface area contributed by atoms with E-state index >= 15 is 0 Å². The van der Waals surface area contributed by atoms with Crippen molar-refractivity contribution in [1.82, 2.24) is 10.2 Å². The van der Waals surface area contributed by atoms with Gasteiger partial charge in [-0.3, -0.25) is 9.59 Å². The van der Waals surface area contributed by atoms with Gasteiger partial charge in [0.1, 0.15) is 6.04 Å². The molecule has 2 aromatic carbocycles. The van der Waals surface area contributed by atoms with Crippen molar-refractivity contribution in [2.24, 2.45) is 0 Å². The van der Waals surface area contributed by atoms with Crippen LogP contribution in [0.3, 0.4) is 0 Å². The van der Waals surface area contributed by atoms with Gasteiger partial charge in [0.2, 0.25) is 11.8 Å². The maximum Gasteiger partial charge on any atom is 0.247 e. The lowest BCUT2D eigenvalue weighted by Crippen LogP contribution is -2.44. The first-order valence-corrected chi connectivity index (χ1v) is 9.30. The summed E-state index contributed by atoms with van der Waals surface area (Å²) in [4.78, 5) is 27.3. The van der Waals surface area contributed by atoms with Gasteiger partial charge in [0.05, 0.1) is 6.61 Å². The predicted octanol–water partition coefficient (Wildman–Crippen LogP) is 3.58. The summed E-state index contributed by atoms with van der Waals surface area (Å²) < 4.78 is 5.01. The van der Waals surface area contributed by atoms with Gasteiger partial charge in [0, 0.05) is 31.6 Å². The maximum atomic E-state index is 12.9. The summed E-state index contributed by atoms with van der Waals surface area (Å²) in [7, 11) is 1.58. The van der Waals surface area contributed by atoms with Crippen molar-refractivity contribution in [1.29, 1.82) is 0 Å². The Morgan fingerprint density at radius 3 is 2.37 bits per heavy atom. The van der Waals surface area contributed by atoms with Gasteiger partial charge >= 0.3 is 0 Å². The second kappa shape index (κ2) is 10.7. The van der Waals surface area contributed by atoms with E-state index in [2.05, 4.69) is 5.32 Å². The number of nitrogens with zero attached hydrogens (tertiary/aromatic N) is 1. The van der Waals surface area contributed by atoms with Crippen molar-refractivity contribution < 1.29 is 14.3 Å². The number of halogens is 1. The standard InChI is InChI=1S/C21H25ClN2O3/c1-3-19(25)24(15-16-9-11-18(22)12-10-16)20(17-7-5-4-6-8-17)21(26)23-13-14-27-2/h4-12,20H,3,13-15H2,1-2H3,(H,23,26)/t20-/m1/s1. The molecule has 0 aliphatic rings. The normalized spacial score (nSPS) is 11.7. The maximum absolute atomic E-state index is 12.9. The van der Waals surface area contributed by atoms with Gasteiger partial charge < -0.3 is 15.0 Å². The van der Waals surface area contributed by atoms with E-state index < -0.39 is 6.04 Å². The average Bonchev–Trinajstić information content (AvgIpc) is 2.69. The smallest absolute Gasteiger partial charge is 0.247 e. The molecule has 27 heavy (non-hydrogen) atoms. The van der Waals surface area contributed by atoms with E-state index in [-0.39, 0.29) is 11.8 Å². The van der Waals surface area contributed by atoms with Crippen LogP contribution in [-0.2, 0) is 20.9 Å². The lowest BCUT2D eigenvalue weighted by atomic mass is 10.0. The van der Waals surface area contributed by atoms with Crippen molar-refractivity contribution in [2.75, 3.05) is 20.3 Å². The molecule has 6 heteroatoms.